The van der Waals surface area contributed by atoms with Crippen LogP contribution in [0.4, 0.5) is 4.39 Å². The molecule has 5 rings (SSSR count). The molecule has 0 spiro atoms. The number of ketones is 1. The summed E-state index contributed by atoms with van der Waals surface area (Å²) in [6.07, 6.45) is 3.21. The normalized spacial score (nSPS) is 17.0. The third kappa shape index (κ3) is 3.21. The van der Waals surface area contributed by atoms with Crippen molar-refractivity contribution in [2.75, 3.05) is 6.73 Å². The van der Waals surface area contributed by atoms with E-state index >= 15 is 0 Å². The first kappa shape index (κ1) is 17.7. The first-order valence-electron chi connectivity index (χ1n) is 9.32. The molecule has 0 saturated heterocycles. The number of halogens is 1. The summed E-state index contributed by atoms with van der Waals surface area (Å²) < 4.78 is 30.8. The zero-order valence-corrected chi connectivity index (χ0v) is 15.8. The number of benzene rings is 2. The topological polar surface area (TPSA) is 51.9 Å². The molecule has 2 aliphatic heterocycles. The van der Waals surface area contributed by atoms with Crippen LogP contribution in [-0.2, 0) is 13.1 Å². The highest BCUT2D eigenvalue weighted by Gasteiger charge is 2.35. The highest BCUT2D eigenvalue weighted by molar-refractivity contribution is 6.15. The molecule has 0 amide bonds. The standard InChI is InChI=1S/C23H18FNO4/c1-14-8-19-18(12-25(13-28-19)11-17-6-3-7-27-17)23-21(14)22(26)20(29-23)10-15-4-2-5-16(24)9-15/h2-10H,11-13H2,1H3/b20-10-. The summed E-state index contributed by atoms with van der Waals surface area (Å²) in [6, 6.07) is 11.7. The molecule has 146 valence electrons. The molecule has 0 bridgehead atoms. The van der Waals surface area contributed by atoms with Crippen molar-refractivity contribution >= 4 is 11.9 Å². The Hall–Kier alpha value is -3.38. The lowest BCUT2D eigenvalue weighted by Gasteiger charge is -2.29. The molecule has 2 aromatic carbocycles. The molecule has 6 heteroatoms. The first-order chi connectivity index (χ1) is 14.1. The number of carbonyl (C=O) groups is 1. The lowest BCUT2D eigenvalue weighted by molar-refractivity contribution is 0.0809. The van der Waals surface area contributed by atoms with Crippen molar-refractivity contribution in [2.24, 2.45) is 0 Å². The van der Waals surface area contributed by atoms with Gasteiger partial charge in [-0.25, -0.2) is 4.39 Å². The maximum atomic E-state index is 13.5. The Kier molecular flexibility index (Phi) is 4.21. The van der Waals surface area contributed by atoms with Crippen molar-refractivity contribution in [3.63, 3.8) is 0 Å². The Bertz CT molecular complexity index is 1130. The average Bonchev–Trinajstić information content (AvgIpc) is 3.31. The number of nitrogens with zero attached hydrogens (tertiary/aromatic N) is 1. The number of allylic oxidation sites excluding steroid dienone is 1. The number of rotatable bonds is 3. The lowest BCUT2D eigenvalue weighted by atomic mass is 9.98. The van der Waals surface area contributed by atoms with Crippen molar-refractivity contribution in [3.05, 3.63) is 88.3 Å². The van der Waals surface area contributed by atoms with Crippen molar-refractivity contribution < 1.29 is 23.1 Å². The van der Waals surface area contributed by atoms with E-state index in [-0.39, 0.29) is 17.4 Å². The molecule has 1 aromatic heterocycles. The van der Waals surface area contributed by atoms with Gasteiger partial charge in [0.15, 0.2) is 5.76 Å². The molecular weight excluding hydrogens is 373 g/mol. The molecule has 0 fully saturated rings. The largest absolute Gasteiger partial charge is 0.478 e. The van der Waals surface area contributed by atoms with Crippen LogP contribution >= 0.6 is 0 Å². The molecule has 0 saturated carbocycles. The summed E-state index contributed by atoms with van der Waals surface area (Å²) in [5, 5.41) is 0. The van der Waals surface area contributed by atoms with Gasteiger partial charge in [0.05, 0.1) is 23.9 Å². The zero-order chi connectivity index (χ0) is 20.0. The summed E-state index contributed by atoms with van der Waals surface area (Å²) in [5.74, 6) is 1.70. The van der Waals surface area contributed by atoms with E-state index in [4.69, 9.17) is 13.9 Å². The summed E-state index contributed by atoms with van der Waals surface area (Å²) in [4.78, 5) is 15.0. The highest BCUT2D eigenvalue weighted by Crippen LogP contribution is 2.44. The van der Waals surface area contributed by atoms with Gasteiger partial charge < -0.3 is 13.9 Å². The quantitative estimate of drug-likeness (QED) is 0.606. The number of fused-ring (bicyclic) bond motifs is 3. The van der Waals surface area contributed by atoms with Gasteiger partial charge in [-0.1, -0.05) is 12.1 Å². The number of hydrogen-bond donors (Lipinski definition) is 0. The minimum absolute atomic E-state index is 0.185. The van der Waals surface area contributed by atoms with Crippen LogP contribution < -0.4 is 9.47 Å². The smallest absolute Gasteiger partial charge is 0.232 e. The van der Waals surface area contributed by atoms with Gasteiger partial charge in [-0.15, -0.1) is 0 Å². The summed E-state index contributed by atoms with van der Waals surface area (Å²) in [5.41, 5.74) is 2.74. The van der Waals surface area contributed by atoms with Gasteiger partial charge in [-0.3, -0.25) is 9.69 Å². The first-order valence-corrected chi connectivity index (χ1v) is 9.32. The van der Waals surface area contributed by atoms with Gasteiger partial charge in [0.1, 0.15) is 29.8 Å². The van der Waals surface area contributed by atoms with Gasteiger partial charge in [-0.2, -0.15) is 0 Å². The van der Waals surface area contributed by atoms with E-state index in [2.05, 4.69) is 4.90 Å². The summed E-state index contributed by atoms with van der Waals surface area (Å²) in [7, 11) is 0. The fraction of sp³-hybridized carbons (Fsp3) is 0.174. The lowest BCUT2D eigenvalue weighted by Crippen LogP contribution is -2.31. The van der Waals surface area contributed by atoms with Crippen LogP contribution in [0.2, 0.25) is 0 Å². The van der Waals surface area contributed by atoms with Crippen LogP contribution in [-0.4, -0.2) is 17.4 Å². The Morgan fingerprint density at radius 1 is 1.21 bits per heavy atom. The van der Waals surface area contributed by atoms with E-state index < -0.39 is 0 Å². The van der Waals surface area contributed by atoms with E-state index in [9.17, 15) is 9.18 Å². The van der Waals surface area contributed by atoms with Crippen molar-refractivity contribution in [1.29, 1.82) is 0 Å². The second kappa shape index (κ2) is 6.90. The van der Waals surface area contributed by atoms with Crippen LogP contribution in [0, 0.1) is 12.7 Å². The predicted octanol–water partition coefficient (Wildman–Crippen LogP) is 4.70. The van der Waals surface area contributed by atoms with Crippen LogP contribution in [0.5, 0.6) is 11.5 Å². The molecule has 2 aliphatic rings. The van der Waals surface area contributed by atoms with Gasteiger partial charge in [-0.05, 0) is 54.5 Å². The van der Waals surface area contributed by atoms with E-state index in [0.717, 1.165) is 22.6 Å². The minimum Gasteiger partial charge on any atom is -0.478 e. The second-order valence-electron chi connectivity index (χ2n) is 7.21. The number of hydrogen-bond acceptors (Lipinski definition) is 5. The number of aryl methyl sites for hydroxylation is 1. The Balaban J connectivity index is 1.49. The third-order valence-electron chi connectivity index (χ3n) is 5.09. The molecular formula is C23H18FNO4. The van der Waals surface area contributed by atoms with Crippen molar-refractivity contribution in [3.8, 4) is 11.5 Å². The SMILES string of the molecule is Cc1cc2c(c3c1C(=O)/C(=C/c1cccc(F)c1)O3)CN(Cc1ccco1)CO2. The van der Waals surface area contributed by atoms with E-state index in [1.165, 1.54) is 12.1 Å². The molecule has 0 N–H and O–H groups in total. The average molecular weight is 391 g/mol. The van der Waals surface area contributed by atoms with Gasteiger partial charge in [0.25, 0.3) is 0 Å². The maximum Gasteiger partial charge on any atom is 0.232 e. The molecule has 5 nitrogen and oxygen atoms in total. The van der Waals surface area contributed by atoms with Gasteiger partial charge in [0.2, 0.25) is 5.78 Å². The Morgan fingerprint density at radius 2 is 2.10 bits per heavy atom. The van der Waals surface area contributed by atoms with E-state index in [1.54, 1.807) is 24.5 Å². The van der Waals surface area contributed by atoms with E-state index in [1.807, 2.05) is 25.1 Å². The molecule has 0 aliphatic carbocycles. The number of Topliss-reactive ketones (excluding diaryl/α,β-unsaturated/α-hetero) is 1. The fourth-order valence-electron chi connectivity index (χ4n) is 3.75. The third-order valence-corrected chi connectivity index (χ3v) is 5.09. The monoisotopic (exact) mass is 391 g/mol. The van der Waals surface area contributed by atoms with Crippen LogP contribution in [0.1, 0.15) is 32.8 Å². The summed E-state index contributed by atoms with van der Waals surface area (Å²) >= 11 is 0. The molecule has 3 aromatic rings. The predicted molar refractivity (Wildman–Crippen MR) is 104 cm³/mol. The van der Waals surface area contributed by atoms with Crippen molar-refractivity contribution in [2.45, 2.75) is 20.0 Å². The molecule has 3 heterocycles. The van der Waals surface area contributed by atoms with Gasteiger partial charge in [0, 0.05) is 6.54 Å². The number of carbonyl (C=O) groups excluding carboxylic acids is 1. The van der Waals surface area contributed by atoms with E-state index in [0.29, 0.717) is 36.7 Å². The molecule has 0 atom stereocenters. The second-order valence-corrected chi connectivity index (χ2v) is 7.21. The number of furan rings is 1. The Labute approximate surface area is 167 Å². The zero-order valence-electron chi connectivity index (χ0n) is 15.8. The van der Waals surface area contributed by atoms with Gasteiger partial charge >= 0.3 is 0 Å². The minimum atomic E-state index is -0.363. The molecule has 0 unspecified atom stereocenters. The fourth-order valence-corrected chi connectivity index (χ4v) is 3.75. The Morgan fingerprint density at radius 3 is 2.90 bits per heavy atom. The van der Waals surface area contributed by atoms with Crippen LogP contribution in [0.15, 0.2) is 58.9 Å². The van der Waals surface area contributed by atoms with Crippen LogP contribution in [0.25, 0.3) is 6.08 Å². The molecule has 0 radical (unpaired) electrons. The summed E-state index contributed by atoms with van der Waals surface area (Å²) in [6.45, 7) is 3.45. The molecule has 29 heavy (non-hydrogen) atoms. The maximum absolute atomic E-state index is 13.5. The van der Waals surface area contributed by atoms with Crippen molar-refractivity contribution in [1.82, 2.24) is 4.90 Å². The number of ether oxygens (including phenoxy) is 2. The highest BCUT2D eigenvalue weighted by atomic mass is 19.1. The van der Waals surface area contributed by atoms with Crippen LogP contribution in [0.3, 0.4) is 0 Å².